The van der Waals surface area contributed by atoms with Crippen molar-refractivity contribution in [2.24, 2.45) is 5.73 Å². The Kier molecular flexibility index (Phi) is 7.74. The third-order valence-corrected chi connectivity index (χ3v) is 3.27. The first-order chi connectivity index (χ1) is 8.36. The largest absolute Gasteiger partial charge is 0.330 e. The van der Waals surface area contributed by atoms with Gasteiger partial charge in [0, 0.05) is 0 Å². The van der Waals surface area contributed by atoms with Crippen LogP contribution in [0.3, 0.4) is 0 Å². The maximum atomic E-state index is 5.54. The molecule has 0 aliphatic carbocycles. The van der Waals surface area contributed by atoms with Gasteiger partial charge in [0.15, 0.2) is 0 Å². The Balaban J connectivity index is 2.14. The Morgan fingerprint density at radius 1 is 0.765 bits per heavy atom. The summed E-state index contributed by atoms with van der Waals surface area (Å²) in [5.74, 6) is 0. The molecule has 0 aliphatic rings. The van der Waals surface area contributed by atoms with Crippen LogP contribution in [-0.4, -0.2) is 6.54 Å². The molecule has 0 aliphatic heterocycles. The lowest BCUT2D eigenvalue weighted by Crippen LogP contribution is -2.02. The molecule has 0 saturated heterocycles. The van der Waals surface area contributed by atoms with Gasteiger partial charge in [0.1, 0.15) is 0 Å². The topological polar surface area (TPSA) is 26.0 Å². The van der Waals surface area contributed by atoms with Crippen molar-refractivity contribution in [2.45, 2.75) is 58.3 Å². The maximum absolute atomic E-state index is 5.54. The average molecular weight is 233 g/mol. The van der Waals surface area contributed by atoms with Gasteiger partial charge in [0.05, 0.1) is 0 Å². The molecular weight excluding hydrogens is 206 g/mol. The summed E-state index contributed by atoms with van der Waals surface area (Å²) in [5, 5.41) is 0. The summed E-state index contributed by atoms with van der Waals surface area (Å²) in [6, 6.07) is 8.96. The van der Waals surface area contributed by atoms with E-state index in [1.807, 2.05) is 0 Å². The fourth-order valence-corrected chi connectivity index (χ4v) is 2.15. The van der Waals surface area contributed by atoms with Gasteiger partial charge in [-0.25, -0.2) is 0 Å². The second-order valence-corrected chi connectivity index (χ2v) is 4.87. The normalized spacial score (nSPS) is 10.7. The highest BCUT2D eigenvalue weighted by Gasteiger charge is 1.95. The molecule has 0 radical (unpaired) electrons. The first-order valence-corrected chi connectivity index (χ1v) is 7.14. The molecule has 1 aromatic carbocycles. The van der Waals surface area contributed by atoms with Crippen LogP contribution in [-0.2, 0) is 12.8 Å². The second-order valence-electron chi connectivity index (χ2n) is 4.87. The van der Waals surface area contributed by atoms with Gasteiger partial charge >= 0.3 is 0 Å². The number of hydrogen-bond acceptors (Lipinski definition) is 1. The van der Waals surface area contributed by atoms with Crippen LogP contribution in [0.25, 0.3) is 0 Å². The quantitative estimate of drug-likeness (QED) is 0.639. The van der Waals surface area contributed by atoms with Crippen LogP contribution >= 0.6 is 0 Å². The molecule has 0 atom stereocenters. The summed E-state index contributed by atoms with van der Waals surface area (Å²) < 4.78 is 0. The van der Waals surface area contributed by atoms with Gasteiger partial charge in [-0.1, -0.05) is 63.3 Å². The summed E-state index contributed by atoms with van der Waals surface area (Å²) in [4.78, 5) is 0. The van der Waals surface area contributed by atoms with E-state index in [2.05, 4.69) is 31.2 Å². The van der Waals surface area contributed by atoms with Crippen LogP contribution < -0.4 is 5.73 Å². The SMILES string of the molecule is CCCCCCCCc1ccc(CCN)cc1. The predicted octanol–water partition coefficient (Wildman–Crippen LogP) is 4.09. The standard InChI is InChI=1S/C16H27N/c1-2-3-4-5-6-7-8-15-9-11-16(12-10-15)13-14-17/h9-12H,2-8,13-14,17H2,1H3. The van der Waals surface area contributed by atoms with Crippen molar-refractivity contribution >= 4 is 0 Å². The van der Waals surface area contributed by atoms with Crippen LogP contribution in [0, 0.1) is 0 Å². The Morgan fingerprint density at radius 2 is 1.29 bits per heavy atom. The summed E-state index contributed by atoms with van der Waals surface area (Å²) >= 11 is 0. The molecule has 0 saturated carbocycles. The molecule has 1 nitrogen and oxygen atoms in total. The van der Waals surface area contributed by atoms with Crippen LogP contribution in [0.15, 0.2) is 24.3 Å². The summed E-state index contributed by atoms with van der Waals surface area (Å²) in [6.07, 6.45) is 10.5. The van der Waals surface area contributed by atoms with Crippen molar-refractivity contribution < 1.29 is 0 Å². The number of rotatable bonds is 9. The molecule has 0 bridgehead atoms. The van der Waals surface area contributed by atoms with Gasteiger partial charge in [0.25, 0.3) is 0 Å². The van der Waals surface area contributed by atoms with E-state index in [4.69, 9.17) is 5.73 Å². The molecule has 0 heterocycles. The van der Waals surface area contributed by atoms with Gasteiger partial charge in [-0.3, -0.25) is 0 Å². The summed E-state index contributed by atoms with van der Waals surface area (Å²) in [7, 11) is 0. The molecule has 1 heteroatoms. The molecule has 0 aromatic heterocycles. The van der Waals surface area contributed by atoms with E-state index >= 15 is 0 Å². The van der Waals surface area contributed by atoms with Crippen LogP contribution in [0.1, 0.15) is 56.6 Å². The van der Waals surface area contributed by atoms with E-state index in [0.29, 0.717) is 0 Å². The fraction of sp³-hybridized carbons (Fsp3) is 0.625. The molecule has 17 heavy (non-hydrogen) atoms. The van der Waals surface area contributed by atoms with Gasteiger partial charge in [-0.05, 0) is 36.9 Å². The zero-order chi connectivity index (χ0) is 12.3. The fourth-order valence-electron chi connectivity index (χ4n) is 2.15. The summed E-state index contributed by atoms with van der Waals surface area (Å²) in [5.41, 5.74) is 8.37. The molecule has 2 N–H and O–H groups in total. The number of aryl methyl sites for hydroxylation is 1. The Labute approximate surface area is 106 Å². The first-order valence-electron chi connectivity index (χ1n) is 7.14. The predicted molar refractivity (Wildman–Crippen MR) is 76.3 cm³/mol. The van der Waals surface area contributed by atoms with Gasteiger partial charge in [-0.15, -0.1) is 0 Å². The first kappa shape index (κ1) is 14.2. The zero-order valence-corrected chi connectivity index (χ0v) is 11.3. The third kappa shape index (κ3) is 6.48. The molecule has 1 aromatic rings. The number of benzene rings is 1. The minimum absolute atomic E-state index is 0.747. The molecule has 0 spiro atoms. The minimum Gasteiger partial charge on any atom is -0.330 e. The summed E-state index contributed by atoms with van der Waals surface area (Å²) in [6.45, 7) is 3.01. The van der Waals surface area contributed by atoms with Gasteiger partial charge in [-0.2, -0.15) is 0 Å². The average Bonchev–Trinajstić information content (AvgIpc) is 2.36. The lowest BCUT2D eigenvalue weighted by molar-refractivity contribution is 0.607. The lowest BCUT2D eigenvalue weighted by atomic mass is 10.0. The van der Waals surface area contributed by atoms with Crippen LogP contribution in [0.2, 0.25) is 0 Å². The molecule has 0 unspecified atom stereocenters. The third-order valence-electron chi connectivity index (χ3n) is 3.27. The molecule has 96 valence electrons. The molecular formula is C16H27N. The molecule has 0 amide bonds. The Hall–Kier alpha value is -0.820. The number of hydrogen-bond donors (Lipinski definition) is 1. The second kappa shape index (κ2) is 9.23. The maximum Gasteiger partial charge on any atom is -0.00367 e. The highest BCUT2D eigenvalue weighted by Crippen LogP contribution is 2.11. The zero-order valence-electron chi connectivity index (χ0n) is 11.3. The Morgan fingerprint density at radius 3 is 1.88 bits per heavy atom. The number of unbranched alkanes of at least 4 members (excludes halogenated alkanes) is 5. The smallest absolute Gasteiger partial charge is 0.00367 e. The van der Waals surface area contributed by atoms with Crippen molar-refractivity contribution in [3.05, 3.63) is 35.4 Å². The lowest BCUT2D eigenvalue weighted by Gasteiger charge is -2.04. The number of nitrogens with two attached hydrogens (primary N) is 1. The van der Waals surface area contributed by atoms with E-state index < -0.39 is 0 Å². The van der Waals surface area contributed by atoms with Crippen molar-refractivity contribution in [1.29, 1.82) is 0 Å². The van der Waals surface area contributed by atoms with Gasteiger partial charge < -0.3 is 5.73 Å². The van der Waals surface area contributed by atoms with Crippen molar-refractivity contribution in [3.63, 3.8) is 0 Å². The van der Waals surface area contributed by atoms with E-state index in [1.165, 1.54) is 56.1 Å². The van der Waals surface area contributed by atoms with Crippen molar-refractivity contribution in [3.8, 4) is 0 Å². The minimum atomic E-state index is 0.747. The van der Waals surface area contributed by atoms with E-state index in [0.717, 1.165) is 13.0 Å². The van der Waals surface area contributed by atoms with Crippen molar-refractivity contribution in [1.82, 2.24) is 0 Å². The van der Waals surface area contributed by atoms with E-state index in [1.54, 1.807) is 0 Å². The highest BCUT2D eigenvalue weighted by atomic mass is 14.5. The van der Waals surface area contributed by atoms with E-state index in [-0.39, 0.29) is 0 Å². The van der Waals surface area contributed by atoms with E-state index in [9.17, 15) is 0 Å². The monoisotopic (exact) mass is 233 g/mol. The van der Waals surface area contributed by atoms with Crippen molar-refractivity contribution in [2.75, 3.05) is 6.54 Å². The van der Waals surface area contributed by atoms with Crippen LogP contribution in [0.5, 0.6) is 0 Å². The molecule has 0 fully saturated rings. The van der Waals surface area contributed by atoms with Crippen LogP contribution in [0.4, 0.5) is 0 Å². The van der Waals surface area contributed by atoms with Gasteiger partial charge in [0.2, 0.25) is 0 Å². The highest BCUT2D eigenvalue weighted by molar-refractivity contribution is 5.22. The Bertz CT molecular complexity index is 276. The molecule has 1 rings (SSSR count).